The summed E-state index contributed by atoms with van der Waals surface area (Å²) >= 11 is 0. The van der Waals surface area contributed by atoms with Gasteiger partial charge in [-0.1, -0.05) is 78.9 Å². The highest BCUT2D eigenvalue weighted by molar-refractivity contribution is 5.96. The predicted octanol–water partition coefficient (Wildman–Crippen LogP) is 4.12. The van der Waals surface area contributed by atoms with E-state index in [4.69, 9.17) is 0 Å². The van der Waals surface area contributed by atoms with Gasteiger partial charge in [0.15, 0.2) is 0 Å². The molecule has 0 bridgehead atoms. The smallest absolute Gasteiger partial charge is 0.232 e. The lowest BCUT2D eigenvalue weighted by Gasteiger charge is -2.14. The number of fused-ring (bicyclic) bond motifs is 3. The van der Waals surface area contributed by atoms with Crippen molar-refractivity contribution in [3.8, 4) is 11.1 Å². The molecular weight excluding hydrogens is 282 g/mol. The highest BCUT2D eigenvalue weighted by Gasteiger charge is 2.32. The van der Waals surface area contributed by atoms with Gasteiger partial charge in [-0.3, -0.25) is 4.79 Å². The third kappa shape index (κ3) is 2.42. The molecule has 0 heterocycles. The Morgan fingerprint density at radius 2 is 1.26 bits per heavy atom. The van der Waals surface area contributed by atoms with Crippen molar-refractivity contribution in [1.29, 1.82) is 0 Å². The fraction of sp³-hybridized carbons (Fsp3) is 0.0952. The molecule has 2 heteroatoms. The second kappa shape index (κ2) is 5.73. The standard InChI is InChI=1S/C21H17NO/c23-21(22-14-15-8-2-1-3-9-15)20-18-12-6-4-10-16(18)17-11-5-7-13-19(17)20/h1-13,20H,14H2,(H,22,23). The van der Waals surface area contributed by atoms with Crippen molar-refractivity contribution in [2.45, 2.75) is 12.5 Å². The molecule has 3 aromatic rings. The van der Waals surface area contributed by atoms with Crippen molar-refractivity contribution in [3.05, 3.63) is 95.6 Å². The minimum absolute atomic E-state index is 0.0613. The van der Waals surface area contributed by atoms with E-state index in [1.165, 1.54) is 11.1 Å². The third-order valence-electron chi connectivity index (χ3n) is 4.41. The lowest BCUT2D eigenvalue weighted by Crippen LogP contribution is -2.28. The van der Waals surface area contributed by atoms with Gasteiger partial charge in [0.05, 0.1) is 5.92 Å². The maximum atomic E-state index is 12.8. The van der Waals surface area contributed by atoms with Crippen LogP contribution in [0.1, 0.15) is 22.6 Å². The summed E-state index contributed by atoms with van der Waals surface area (Å²) in [5.41, 5.74) is 5.64. The number of nitrogens with one attached hydrogen (secondary N) is 1. The number of amides is 1. The topological polar surface area (TPSA) is 29.1 Å². The third-order valence-corrected chi connectivity index (χ3v) is 4.41. The summed E-state index contributed by atoms with van der Waals surface area (Å²) in [7, 11) is 0. The van der Waals surface area contributed by atoms with E-state index in [2.05, 4.69) is 29.6 Å². The van der Waals surface area contributed by atoms with Gasteiger partial charge < -0.3 is 5.32 Å². The van der Waals surface area contributed by atoms with Crippen LogP contribution in [0.5, 0.6) is 0 Å². The van der Waals surface area contributed by atoms with Crippen LogP contribution in [-0.4, -0.2) is 5.91 Å². The largest absolute Gasteiger partial charge is 0.351 e. The molecule has 0 spiro atoms. The van der Waals surface area contributed by atoms with E-state index in [1.807, 2.05) is 54.6 Å². The fourth-order valence-corrected chi connectivity index (χ4v) is 3.33. The van der Waals surface area contributed by atoms with Crippen LogP contribution in [0.15, 0.2) is 78.9 Å². The zero-order valence-corrected chi connectivity index (χ0v) is 12.7. The second-order valence-corrected chi connectivity index (χ2v) is 5.81. The van der Waals surface area contributed by atoms with E-state index in [-0.39, 0.29) is 11.8 Å². The molecule has 112 valence electrons. The molecule has 1 amide bonds. The van der Waals surface area contributed by atoms with Crippen LogP contribution in [0.4, 0.5) is 0 Å². The normalized spacial score (nSPS) is 12.5. The van der Waals surface area contributed by atoms with Gasteiger partial charge in [-0.15, -0.1) is 0 Å². The Bertz CT molecular complexity index is 809. The summed E-state index contributed by atoms with van der Waals surface area (Å²) in [5, 5.41) is 3.08. The molecule has 23 heavy (non-hydrogen) atoms. The summed E-state index contributed by atoms with van der Waals surface area (Å²) in [6.45, 7) is 0.556. The summed E-state index contributed by atoms with van der Waals surface area (Å²) in [6, 6.07) is 26.4. The molecule has 2 nitrogen and oxygen atoms in total. The van der Waals surface area contributed by atoms with Gasteiger partial charge >= 0.3 is 0 Å². The molecule has 0 unspecified atom stereocenters. The van der Waals surface area contributed by atoms with E-state index in [1.54, 1.807) is 0 Å². The van der Waals surface area contributed by atoms with Crippen LogP contribution in [0.3, 0.4) is 0 Å². The first kappa shape index (κ1) is 13.8. The highest BCUT2D eigenvalue weighted by atomic mass is 16.1. The molecule has 0 aromatic heterocycles. The van der Waals surface area contributed by atoms with Crippen LogP contribution >= 0.6 is 0 Å². The van der Waals surface area contributed by atoms with Crippen LogP contribution < -0.4 is 5.32 Å². The van der Waals surface area contributed by atoms with Crippen molar-refractivity contribution in [2.24, 2.45) is 0 Å². The van der Waals surface area contributed by atoms with Crippen molar-refractivity contribution >= 4 is 5.91 Å². The highest BCUT2D eigenvalue weighted by Crippen LogP contribution is 2.44. The van der Waals surface area contributed by atoms with E-state index < -0.39 is 0 Å². The predicted molar refractivity (Wildman–Crippen MR) is 92.0 cm³/mol. The SMILES string of the molecule is O=C(NCc1ccccc1)C1c2ccccc2-c2ccccc21. The Labute approximate surface area is 135 Å². The zero-order chi connectivity index (χ0) is 15.6. The van der Waals surface area contributed by atoms with Gasteiger partial charge in [-0.05, 0) is 27.8 Å². The van der Waals surface area contributed by atoms with Crippen LogP contribution in [0, 0.1) is 0 Å². The number of carbonyl (C=O) groups is 1. The summed E-state index contributed by atoms with van der Waals surface area (Å²) in [5.74, 6) is -0.155. The van der Waals surface area contributed by atoms with Crippen molar-refractivity contribution in [3.63, 3.8) is 0 Å². The van der Waals surface area contributed by atoms with Gasteiger partial charge in [-0.25, -0.2) is 0 Å². The molecule has 0 aliphatic heterocycles. The molecule has 0 saturated carbocycles. The molecule has 0 radical (unpaired) electrons. The van der Waals surface area contributed by atoms with Gasteiger partial charge in [0.25, 0.3) is 0 Å². The van der Waals surface area contributed by atoms with Gasteiger partial charge in [-0.2, -0.15) is 0 Å². The first-order chi connectivity index (χ1) is 11.3. The van der Waals surface area contributed by atoms with E-state index in [0.29, 0.717) is 6.54 Å². The van der Waals surface area contributed by atoms with Gasteiger partial charge in [0.2, 0.25) is 5.91 Å². The molecule has 0 fully saturated rings. The Kier molecular flexibility index (Phi) is 3.43. The van der Waals surface area contributed by atoms with Crippen molar-refractivity contribution < 1.29 is 4.79 Å². The van der Waals surface area contributed by atoms with Gasteiger partial charge in [0.1, 0.15) is 0 Å². The maximum Gasteiger partial charge on any atom is 0.232 e. The summed E-state index contributed by atoms with van der Waals surface area (Å²) in [6.07, 6.45) is 0. The van der Waals surface area contributed by atoms with E-state index in [0.717, 1.165) is 16.7 Å². The van der Waals surface area contributed by atoms with Gasteiger partial charge in [0, 0.05) is 6.54 Å². The minimum Gasteiger partial charge on any atom is -0.351 e. The molecule has 0 atom stereocenters. The molecular formula is C21H17NO. The van der Waals surface area contributed by atoms with E-state index >= 15 is 0 Å². The van der Waals surface area contributed by atoms with Crippen LogP contribution in [0.2, 0.25) is 0 Å². The number of benzene rings is 3. The minimum atomic E-state index is -0.217. The summed E-state index contributed by atoms with van der Waals surface area (Å²) in [4.78, 5) is 12.8. The van der Waals surface area contributed by atoms with Crippen LogP contribution in [0.25, 0.3) is 11.1 Å². The number of rotatable bonds is 3. The molecule has 1 N–H and O–H groups in total. The maximum absolute atomic E-state index is 12.8. The lowest BCUT2D eigenvalue weighted by atomic mass is 9.96. The van der Waals surface area contributed by atoms with Crippen molar-refractivity contribution in [1.82, 2.24) is 5.32 Å². The zero-order valence-electron chi connectivity index (χ0n) is 12.7. The Balaban J connectivity index is 1.64. The Morgan fingerprint density at radius 1 is 0.739 bits per heavy atom. The number of hydrogen-bond donors (Lipinski definition) is 1. The molecule has 1 aliphatic carbocycles. The van der Waals surface area contributed by atoms with Crippen LogP contribution in [-0.2, 0) is 11.3 Å². The molecule has 1 aliphatic rings. The molecule has 0 saturated heterocycles. The fourth-order valence-electron chi connectivity index (χ4n) is 3.33. The average Bonchev–Trinajstić information content (AvgIpc) is 2.95. The second-order valence-electron chi connectivity index (χ2n) is 5.81. The summed E-state index contributed by atoms with van der Waals surface area (Å²) < 4.78 is 0. The first-order valence-corrected chi connectivity index (χ1v) is 7.84. The molecule has 3 aromatic carbocycles. The van der Waals surface area contributed by atoms with E-state index in [9.17, 15) is 4.79 Å². The van der Waals surface area contributed by atoms with Crippen molar-refractivity contribution in [2.75, 3.05) is 0 Å². The first-order valence-electron chi connectivity index (χ1n) is 7.84. The average molecular weight is 299 g/mol. The monoisotopic (exact) mass is 299 g/mol. The Hall–Kier alpha value is -2.87. The lowest BCUT2D eigenvalue weighted by molar-refractivity contribution is -0.121. The Morgan fingerprint density at radius 3 is 1.87 bits per heavy atom. The quantitative estimate of drug-likeness (QED) is 0.774. The molecule has 4 rings (SSSR count). The number of hydrogen-bond acceptors (Lipinski definition) is 1. The number of carbonyl (C=O) groups excluding carboxylic acids is 1.